The first-order valence-electron chi connectivity index (χ1n) is 40.8. The number of carbonyl (C=O) groups is 8. The average molecular weight is 1980 g/mol. The zero-order valence-electron chi connectivity index (χ0n) is 73.3. The van der Waals surface area contributed by atoms with Crippen molar-refractivity contribution in [3.8, 4) is 73.9 Å². The van der Waals surface area contributed by atoms with Gasteiger partial charge in [0.25, 0.3) is 45.9 Å². The Bertz CT molecular complexity index is 7190. The van der Waals surface area contributed by atoms with Gasteiger partial charge < -0.3 is 58.8 Å². The highest BCUT2D eigenvalue weighted by Gasteiger charge is 2.33. The minimum Gasteiger partial charge on any atom is -0.503 e. The molecule has 0 amide bonds. The van der Waals surface area contributed by atoms with E-state index < -0.39 is 38.9 Å². The molecule has 15 rings (SSSR count). The summed E-state index contributed by atoms with van der Waals surface area (Å²) < 4.78 is 31.2. The standard InChI is InChI=1S/C27H18ClN5O3S2.C26H26ClN5O3S.C20H20ClFN4O3S.C20H21ClN4O4S/c28-24-10-7-20(38-24)16-29-25-14-22(31-33(25)27(36)19-15-30-37-17-19)21-8-11-26(35)32(12-13-34)23(21)9-6-18-4-2-1-3-5-18;1-26(2,3)25(35)32-22(30(4)16-18-7-9-21(27)36-18)14-20(29-32)19-8-10-23(34)31(12-13-33)24(19)17-6-5-11-28-15-17;1-20(2,3)19(29)26-17(23-10-12-4-5-16(21)30-12)9-15(24-26)13-11-25(6-7-27)18(28)8-14(13)22;1-20(2,3)19(29)25-17(22-10-13-4-5-16(21)30-13)9-14(23-25)12-8-15(27)18(28)24(11-12)6-7-26/h1-5,7-8,10-11,13-15,17,29H,12,16H2;5-11,13-15H,12,16H2,1-4H3;4-5,7-9,11,23H,6,10H2,1-3H3;4-5,7-9,11,22,27H,6,10H2,1-3H3. The van der Waals surface area contributed by atoms with E-state index >= 15 is 0 Å². The van der Waals surface area contributed by atoms with Gasteiger partial charge in [0, 0.05) is 143 Å². The van der Waals surface area contributed by atoms with Gasteiger partial charge in [-0.05, 0) is 108 Å². The number of thiophene rings is 4. The second-order valence-electron chi connectivity index (χ2n) is 32.6. The third-order valence-corrected chi connectivity index (χ3v) is 25.0. The molecule has 14 heterocycles. The van der Waals surface area contributed by atoms with E-state index in [-0.39, 0.29) is 72.2 Å². The zero-order valence-corrected chi connectivity index (χ0v) is 80.5. The number of pyridine rings is 5. The molecule has 0 spiro atoms. The van der Waals surface area contributed by atoms with Crippen molar-refractivity contribution in [2.45, 2.75) is 115 Å². The van der Waals surface area contributed by atoms with Crippen LogP contribution in [-0.2, 0) is 71.5 Å². The lowest BCUT2D eigenvalue weighted by Gasteiger charge is -2.22. The Hall–Kier alpha value is -13.6. The lowest BCUT2D eigenvalue weighted by Crippen LogP contribution is -2.31. The maximum atomic E-state index is 14.5. The molecule has 1 aromatic carbocycles. The number of aromatic nitrogens is 14. The molecule has 41 heteroatoms. The van der Waals surface area contributed by atoms with E-state index in [1.54, 1.807) is 102 Å². The Balaban J connectivity index is 0.000000162. The molecule has 4 N–H and O–H groups in total. The summed E-state index contributed by atoms with van der Waals surface area (Å²) in [7, 11) is 1.89. The van der Waals surface area contributed by atoms with E-state index in [2.05, 4.69) is 52.4 Å². The van der Waals surface area contributed by atoms with Crippen molar-refractivity contribution in [2.24, 2.45) is 16.2 Å². The summed E-state index contributed by atoms with van der Waals surface area (Å²) in [6.45, 7) is 17.2. The van der Waals surface area contributed by atoms with E-state index in [4.69, 9.17) is 51.5 Å². The number of hydrogen-bond donors (Lipinski definition) is 4. The molecular formula is C93H85Cl4FN18O13S5. The smallest absolute Gasteiger partial charge is 0.293 e. The van der Waals surface area contributed by atoms with Crippen molar-refractivity contribution >= 4 is 175 Å². The molecule has 134 heavy (non-hydrogen) atoms. The first-order chi connectivity index (χ1) is 63.8. The lowest BCUT2D eigenvalue weighted by molar-refractivity contribution is -0.109. The number of nitrogens with one attached hydrogen (secondary N) is 3. The van der Waals surface area contributed by atoms with Crippen LogP contribution in [0.25, 0.3) is 56.3 Å². The van der Waals surface area contributed by atoms with Gasteiger partial charge in [0.1, 0.15) is 59.9 Å². The first-order valence-corrected chi connectivity index (χ1v) is 46.4. The maximum absolute atomic E-state index is 14.5. The van der Waals surface area contributed by atoms with Crippen LogP contribution in [0.5, 0.6) is 5.75 Å². The molecule has 0 atom stereocenters. The highest BCUT2D eigenvalue weighted by Crippen LogP contribution is 2.38. The molecule has 14 aromatic heterocycles. The molecule has 0 fully saturated rings. The summed E-state index contributed by atoms with van der Waals surface area (Å²) >= 11 is 31.0. The Kier molecular flexibility index (Phi) is 32.6. The van der Waals surface area contributed by atoms with Gasteiger partial charge in [0.2, 0.25) is 0 Å². The number of aromatic hydroxyl groups is 1. The van der Waals surface area contributed by atoms with Gasteiger partial charge in [-0.3, -0.25) is 47.9 Å². The highest BCUT2D eigenvalue weighted by molar-refractivity contribution is 7.17. The van der Waals surface area contributed by atoms with E-state index in [9.17, 15) is 67.0 Å². The number of carbonyl (C=O) groups excluding carboxylic acids is 8. The Morgan fingerprint density at radius 3 is 1.48 bits per heavy atom. The monoisotopic (exact) mass is 1980 g/mol. The predicted molar refractivity (Wildman–Crippen MR) is 523 cm³/mol. The Labute approximate surface area is 805 Å². The Morgan fingerprint density at radius 1 is 0.485 bits per heavy atom. The number of anilines is 4. The first kappa shape index (κ1) is 99.5. The third kappa shape index (κ3) is 24.7. The summed E-state index contributed by atoms with van der Waals surface area (Å²) in [5.41, 5.74) is 1.48. The van der Waals surface area contributed by atoms with Gasteiger partial charge in [-0.15, -0.1) is 45.3 Å². The van der Waals surface area contributed by atoms with E-state index in [0.29, 0.717) is 148 Å². The van der Waals surface area contributed by atoms with Crippen LogP contribution in [0.1, 0.15) is 118 Å². The molecule has 0 aliphatic rings. The number of hydrogen-bond acceptors (Lipinski definition) is 28. The maximum Gasteiger partial charge on any atom is 0.293 e. The minimum atomic E-state index is -0.786. The van der Waals surface area contributed by atoms with Gasteiger partial charge in [0.05, 0.1) is 115 Å². The van der Waals surface area contributed by atoms with Crippen LogP contribution in [0.4, 0.5) is 27.7 Å². The lowest BCUT2D eigenvalue weighted by atomic mass is 9.96. The van der Waals surface area contributed by atoms with Gasteiger partial charge in [-0.2, -0.15) is 39.1 Å². The molecule has 0 unspecified atom stereocenters. The number of aldehydes is 4. The van der Waals surface area contributed by atoms with E-state index in [1.165, 1.54) is 128 Å². The molecule has 0 saturated carbocycles. The van der Waals surface area contributed by atoms with Crippen molar-refractivity contribution in [3.05, 3.63) is 289 Å². The number of nitrogens with zero attached hydrogens (tertiary/aromatic N) is 15. The zero-order chi connectivity index (χ0) is 96.6. The largest absolute Gasteiger partial charge is 0.503 e. The molecule has 0 radical (unpaired) electrons. The fraction of sp³-hybridized carbons (Fsp3) is 0.226. The van der Waals surface area contributed by atoms with E-state index in [0.717, 1.165) is 40.3 Å². The van der Waals surface area contributed by atoms with Crippen LogP contribution in [-0.4, -0.2) is 128 Å². The Morgan fingerprint density at radius 2 is 0.963 bits per heavy atom. The molecule has 0 aliphatic heterocycles. The molecule has 0 bridgehead atoms. The van der Waals surface area contributed by atoms with Crippen LogP contribution < -0.4 is 43.1 Å². The van der Waals surface area contributed by atoms with Gasteiger partial charge >= 0.3 is 0 Å². The minimum absolute atomic E-state index is 0.0131. The summed E-state index contributed by atoms with van der Waals surface area (Å²) in [6.07, 6.45) is 9.82. The second kappa shape index (κ2) is 43.9. The van der Waals surface area contributed by atoms with Crippen molar-refractivity contribution in [3.63, 3.8) is 0 Å². The van der Waals surface area contributed by atoms with Gasteiger partial charge in [-0.25, -0.2) is 8.76 Å². The SMILES string of the molecule is CC(C)(C)C(=O)n1nc(-c2cc(O)c(=O)n(CC=O)c2)cc1NCc1ccc(Cl)s1.CC(C)(C)C(=O)n1nc(-c2cn(CC=O)c(=O)cc2F)cc1NCc1ccc(Cl)s1.CN(Cc1ccc(Cl)s1)c1cc(-c2ccc(=O)n(CC=O)c2-c2cccnc2)nn1C(=O)C(C)(C)C.O=CCn1c(C#Cc2ccccc2)c(-c2cc(NCc3ccc(Cl)s3)n(C(=O)c3cnsc3)n2)ccc1=O. The van der Waals surface area contributed by atoms with Crippen LogP contribution in [0, 0.1) is 33.9 Å². The normalized spacial score (nSPS) is 11.2. The van der Waals surface area contributed by atoms with Gasteiger partial charge in [-0.1, -0.05) is 133 Å². The molecule has 15 aromatic rings. The molecular weight excluding hydrogens is 1900 g/mol. The third-order valence-electron chi connectivity index (χ3n) is 19.5. The average Bonchev–Trinajstić information content (AvgIpc) is 1.53. The topological polar surface area (TPSA) is 381 Å². The summed E-state index contributed by atoms with van der Waals surface area (Å²) in [5.74, 6) is 5.62. The van der Waals surface area contributed by atoms with Crippen LogP contribution in [0.2, 0.25) is 17.3 Å². The molecule has 0 aliphatic carbocycles. The van der Waals surface area contributed by atoms with Crippen LogP contribution >= 0.6 is 103 Å². The number of rotatable bonds is 26. The molecule has 0 saturated heterocycles. The molecule has 690 valence electrons. The number of halogens is 5. The van der Waals surface area contributed by atoms with Crippen molar-refractivity contribution in [1.29, 1.82) is 0 Å². The van der Waals surface area contributed by atoms with Crippen molar-refractivity contribution in [2.75, 3.05) is 27.9 Å². The fourth-order valence-corrected chi connectivity index (χ4v) is 17.7. The summed E-state index contributed by atoms with van der Waals surface area (Å²) in [6, 6.07) is 42.5. The van der Waals surface area contributed by atoms with Crippen LogP contribution in [0.3, 0.4) is 0 Å². The van der Waals surface area contributed by atoms with Gasteiger partial charge in [0.15, 0.2) is 5.75 Å². The van der Waals surface area contributed by atoms with Crippen LogP contribution in [0.15, 0.2) is 207 Å². The fourth-order valence-electron chi connectivity index (χ4n) is 12.9. The highest BCUT2D eigenvalue weighted by atomic mass is 35.5. The molecule has 31 nitrogen and oxygen atoms in total. The van der Waals surface area contributed by atoms with E-state index in [1.807, 2.05) is 112 Å². The van der Waals surface area contributed by atoms with Crippen molar-refractivity contribution < 1.29 is 47.9 Å². The summed E-state index contributed by atoms with van der Waals surface area (Å²) in [4.78, 5) is 156. The quantitative estimate of drug-likeness (QED) is 0.0289. The van der Waals surface area contributed by atoms with Crippen molar-refractivity contribution in [1.82, 2.24) is 66.7 Å². The number of benzene rings is 1. The predicted octanol–water partition coefficient (Wildman–Crippen LogP) is 17.5. The summed E-state index contributed by atoms with van der Waals surface area (Å²) in [5, 5.41) is 39.2. The second-order valence-corrected chi connectivity index (χ2v) is 40.5.